The minimum atomic E-state index is -0.650. The average molecular weight is 373 g/mol. The van der Waals surface area contributed by atoms with Gasteiger partial charge in [-0.05, 0) is 36.4 Å². The second-order valence-corrected chi connectivity index (χ2v) is 5.82. The van der Waals surface area contributed by atoms with Crippen LogP contribution >= 0.6 is 11.6 Å². The molecule has 3 aromatic rings. The first kappa shape index (κ1) is 17.7. The molecule has 26 heavy (non-hydrogen) atoms. The van der Waals surface area contributed by atoms with Gasteiger partial charge in [0.05, 0.1) is 0 Å². The molecule has 0 spiro atoms. The quantitative estimate of drug-likeness (QED) is 0.745. The van der Waals surface area contributed by atoms with Gasteiger partial charge in [-0.1, -0.05) is 35.9 Å². The van der Waals surface area contributed by atoms with Crippen molar-refractivity contribution < 1.29 is 14.0 Å². The van der Waals surface area contributed by atoms with Crippen molar-refractivity contribution in [1.29, 1.82) is 0 Å². The van der Waals surface area contributed by atoms with Crippen molar-refractivity contribution in [1.82, 2.24) is 4.73 Å². The van der Waals surface area contributed by atoms with E-state index in [9.17, 15) is 14.0 Å². The molecule has 132 valence electrons. The maximum absolute atomic E-state index is 13.6. The normalized spacial score (nSPS) is 10.4. The highest BCUT2D eigenvalue weighted by molar-refractivity contribution is 6.30. The molecule has 0 fully saturated rings. The number of pyridine rings is 1. The largest absolute Gasteiger partial charge is 0.406 e. The minimum absolute atomic E-state index is 0.110. The molecule has 5 nitrogen and oxygen atoms in total. The number of nitrogens with one attached hydrogen (secondary N) is 1. The van der Waals surface area contributed by atoms with E-state index in [1.165, 1.54) is 24.4 Å². The Labute approximate surface area is 153 Å². The molecule has 2 aromatic carbocycles. The van der Waals surface area contributed by atoms with Crippen molar-refractivity contribution >= 4 is 23.2 Å². The van der Waals surface area contributed by atoms with Gasteiger partial charge in [0.25, 0.3) is 11.5 Å². The maximum atomic E-state index is 13.6. The molecule has 0 bridgehead atoms. The summed E-state index contributed by atoms with van der Waals surface area (Å²) in [6.07, 6.45) is 1.36. The Morgan fingerprint density at radius 3 is 2.69 bits per heavy atom. The molecule has 1 N–H and O–H groups in total. The Morgan fingerprint density at radius 2 is 1.92 bits per heavy atom. The van der Waals surface area contributed by atoms with Gasteiger partial charge in [-0.3, -0.25) is 9.59 Å². The van der Waals surface area contributed by atoms with Crippen LogP contribution in [0.3, 0.4) is 0 Å². The molecule has 0 unspecified atom stereocenters. The van der Waals surface area contributed by atoms with Crippen molar-refractivity contribution in [2.75, 3.05) is 5.32 Å². The standard InChI is InChI=1S/C19H14ClFN2O3/c20-14-6-3-7-15(11-14)22-18(24)16-8-4-10-23(19(16)25)26-12-13-5-1-2-9-17(13)21/h1-11H,12H2,(H,22,24). The summed E-state index contributed by atoms with van der Waals surface area (Å²) in [5.74, 6) is -1.03. The number of halogens is 2. The molecule has 3 rings (SSSR count). The third-order valence-electron chi connectivity index (χ3n) is 3.56. The van der Waals surface area contributed by atoms with Crippen LogP contribution in [0.1, 0.15) is 15.9 Å². The van der Waals surface area contributed by atoms with Gasteiger partial charge in [-0.15, -0.1) is 0 Å². The summed E-state index contributed by atoms with van der Waals surface area (Å²) in [4.78, 5) is 30.1. The Balaban J connectivity index is 1.77. The first-order chi connectivity index (χ1) is 12.5. The number of amides is 1. The van der Waals surface area contributed by atoms with E-state index in [4.69, 9.17) is 16.4 Å². The highest BCUT2D eigenvalue weighted by Gasteiger charge is 2.13. The smallest absolute Gasteiger partial charge is 0.295 e. The van der Waals surface area contributed by atoms with Crippen LogP contribution < -0.4 is 15.7 Å². The van der Waals surface area contributed by atoms with E-state index in [0.29, 0.717) is 16.3 Å². The molecule has 0 atom stereocenters. The summed E-state index contributed by atoms with van der Waals surface area (Å²) in [5, 5.41) is 3.06. The molecule has 0 saturated heterocycles. The summed E-state index contributed by atoms with van der Waals surface area (Å²) < 4.78 is 14.5. The van der Waals surface area contributed by atoms with Gasteiger partial charge in [0.1, 0.15) is 18.0 Å². The van der Waals surface area contributed by atoms with Crippen LogP contribution in [0.5, 0.6) is 0 Å². The van der Waals surface area contributed by atoms with Crippen molar-refractivity contribution in [3.8, 4) is 0 Å². The highest BCUT2D eigenvalue weighted by Crippen LogP contribution is 2.15. The summed E-state index contributed by atoms with van der Waals surface area (Å²) in [5.41, 5.74) is 0.00198. The van der Waals surface area contributed by atoms with Crippen molar-refractivity contribution in [3.63, 3.8) is 0 Å². The van der Waals surface area contributed by atoms with Gasteiger partial charge < -0.3 is 10.2 Å². The lowest BCUT2D eigenvalue weighted by molar-refractivity contribution is 0.0847. The second-order valence-electron chi connectivity index (χ2n) is 5.38. The van der Waals surface area contributed by atoms with Crippen LogP contribution in [0.15, 0.2) is 71.7 Å². The molecule has 0 aliphatic heterocycles. The minimum Gasteiger partial charge on any atom is -0.406 e. The molecular formula is C19H14ClFN2O3. The molecule has 7 heteroatoms. The fourth-order valence-corrected chi connectivity index (χ4v) is 2.46. The third-order valence-corrected chi connectivity index (χ3v) is 3.79. The summed E-state index contributed by atoms with van der Waals surface area (Å²) in [6.45, 7) is -0.147. The van der Waals surface area contributed by atoms with E-state index >= 15 is 0 Å². The predicted octanol–water partition coefficient (Wildman–Crippen LogP) is 3.52. The molecule has 0 radical (unpaired) electrons. The highest BCUT2D eigenvalue weighted by atomic mass is 35.5. The number of carbonyl (C=O) groups excluding carboxylic acids is 1. The van der Waals surface area contributed by atoms with Crippen LogP contribution in [0.4, 0.5) is 10.1 Å². The summed E-state index contributed by atoms with van der Waals surface area (Å²) in [6, 6.07) is 15.5. The lowest BCUT2D eigenvalue weighted by atomic mass is 10.2. The van der Waals surface area contributed by atoms with Gasteiger partial charge >= 0.3 is 0 Å². The van der Waals surface area contributed by atoms with Crippen LogP contribution in [-0.4, -0.2) is 10.6 Å². The lowest BCUT2D eigenvalue weighted by Gasteiger charge is -2.10. The van der Waals surface area contributed by atoms with E-state index in [2.05, 4.69) is 5.32 Å². The second kappa shape index (κ2) is 7.84. The van der Waals surface area contributed by atoms with E-state index in [-0.39, 0.29) is 12.2 Å². The van der Waals surface area contributed by atoms with Crippen molar-refractivity contribution in [2.45, 2.75) is 6.61 Å². The maximum Gasteiger partial charge on any atom is 0.295 e. The van der Waals surface area contributed by atoms with E-state index in [0.717, 1.165) is 4.73 Å². The number of carbonyl (C=O) groups is 1. The van der Waals surface area contributed by atoms with Gasteiger partial charge in [0, 0.05) is 22.5 Å². The first-order valence-corrected chi connectivity index (χ1v) is 8.07. The molecule has 0 aliphatic rings. The SMILES string of the molecule is O=C(Nc1cccc(Cl)c1)c1cccn(OCc2ccccc2F)c1=O. The zero-order valence-corrected chi connectivity index (χ0v) is 14.2. The molecule has 1 heterocycles. The number of hydrogen-bond donors (Lipinski definition) is 1. The molecule has 0 saturated carbocycles. The molecule has 0 aliphatic carbocycles. The van der Waals surface area contributed by atoms with E-state index < -0.39 is 17.3 Å². The third kappa shape index (κ3) is 4.10. The monoisotopic (exact) mass is 372 g/mol. The van der Waals surface area contributed by atoms with Crippen LogP contribution in [0.25, 0.3) is 0 Å². The summed E-state index contributed by atoms with van der Waals surface area (Å²) in [7, 11) is 0. The number of rotatable bonds is 5. The first-order valence-electron chi connectivity index (χ1n) is 7.70. The van der Waals surface area contributed by atoms with Crippen LogP contribution in [-0.2, 0) is 6.61 Å². The number of aromatic nitrogens is 1. The van der Waals surface area contributed by atoms with Crippen LogP contribution in [0.2, 0.25) is 5.02 Å². The lowest BCUT2D eigenvalue weighted by Crippen LogP contribution is -2.32. The zero-order chi connectivity index (χ0) is 18.5. The number of anilines is 1. The Hall–Kier alpha value is -3.12. The van der Waals surface area contributed by atoms with Gasteiger partial charge in [-0.2, -0.15) is 4.73 Å². The van der Waals surface area contributed by atoms with Crippen molar-refractivity contribution in [2.24, 2.45) is 0 Å². The fraction of sp³-hybridized carbons (Fsp3) is 0.0526. The van der Waals surface area contributed by atoms with E-state index in [1.807, 2.05) is 0 Å². The topological polar surface area (TPSA) is 60.3 Å². The van der Waals surface area contributed by atoms with Crippen LogP contribution in [0, 0.1) is 5.82 Å². The van der Waals surface area contributed by atoms with Crippen molar-refractivity contribution in [3.05, 3.63) is 99.2 Å². The van der Waals surface area contributed by atoms with Gasteiger partial charge in [0.15, 0.2) is 0 Å². The number of hydrogen-bond acceptors (Lipinski definition) is 3. The van der Waals surface area contributed by atoms with Gasteiger partial charge in [-0.25, -0.2) is 4.39 Å². The van der Waals surface area contributed by atoms with E-state index in [1.54, 1.807) is 42.5 Å². The Bertz CT molecular complexity index is 1000. The number of nitrogens with zero attached hydrogens (tertiary/aromatic N) is 1. The van der Waals surface area contributed by atoms with Gasteiger partial charge in [0.2, 0.25) is 0 Å². The summed E-state index contributed by atoms with van der Waals surface area (Å²) >= 11 is 5.88. The predicted molar refractivity (Wildman–Crippen MR) is 96.8 cm³/mol. The molecule has 1 aromatic heterocycles. The zero-order valence-electron chi connectivity index (χ0n) is 13.5. The molecular weight excluding hydrogens is 359 g/mol. The molecule has 1 amide bonds. The fourth-order valence-electron chi connectivity index (χ4n) is 2.27. The Kier molecular flexibility index (Phi) is 5.34. The Morgan fingerprint density at radius 1 is 1.12 bits per heavy atom. The average Bonchev–Trinajstić information content (AvgIpc) is 2.62. The number of benzene rings is 2.